The molecule has 14 rings (SSSR count). The van der Waals surface area contributed by atoms with E-state index in [1.165, 1.54) is 61.3 Å². The lowest BCUT2D eigenvalue weighted by Crippen LogP contribution is -2.69. The van der Waals surface area contributed by atoms with E-state index in [0.29, 0.717) is 73.9 Å². The molecular formula is C45H53N4O10P. The largest absolute Gasteiger partial charge is 0.469 e. The predicted octanol–water partition coefficient (Wildman–Crippen LogP) is 2.63. The number of amides is 2. The molecule has 13 atom stereocenters. The van der Waals surface area contributed by atoms with E-state index in [9.17, 15) is 14.2 Å². The monoisotopic (exact) mass is 840 g/mol. The molecule has 8 fully saturated rings. The van der Waals surface area contributed by atoms with Gasteiger partial charge in [0.15, 0.2) is 0 Å². The molecule has 0 aromatic heterocycles. The SMILES string of the molecule is O=C1C[C@@H]2OCC=C3CN4CC[C@]56c7ccccc7N1[C@H]5[C@H]2[C@H]3C[C@H]46.O=C1C[C@@H]2OCC=C3CN4CC[C@]56c7ccccc7N1[C@H]5[C@H]2[C@H]3C[C@H]46.O=P(O)(O)OCC(O)CO. The number of fused-ring (bicyclic) bond motifs is 4. The molecule has 2 aromatic rings. The molecule has 4 N–H and O–H groups in total. The number of hydrogen-bond donors (Lipinski definition) is 4. The van der Waals surface area contributed by atoms with Crippen molar-refractivity contribution in [3.05, 3.63) is 83.0 Å². The molecule has 15 heteroatoms. The van der Waals surface area contributed by atoms with Crippen molar-refractivity contribution in [1.82, 2.24) is 9.80 Å². The number of anilines is 2. The molecule has 2 aromatic carbocycles. The van der Waals surface area contributed by atoms with Crippen LogP contribution >= 0.6 is 7.82 Å². The molecule has 1 unspecified atom stereocenters. The van der Waals surface area contributed by atoms with Crippen LogP contribution in [-0.2, 0) is 39.0 Å². The van der Waals surface area contributed by atoms with Crippen LogP contribution < -0.4 is 9.80 Å². The van der Waals surface area contributed by atoms with E-state index in [1.54, 1.807) is 11.1 Å². The Bertz CT molecular complexity index is 2130. The maximum Gasteiger partial charge on any atom is 0.469 e. The number of nitrogens with zero attached hydrogens (tertiary/aromatic N) is 4. The van der Waals surface area contributed by atoms with Crippen LogP contribution in [0.3, 0.4) is 0 Å². The highest BCUT2D eigenvalue weighted by atomic mass is 31.2. The van der Waals surface area contributed by atoms with Crippen molar-refractivity contribution in [2.75, 3.05) is 62.4 Å². The summed E-state index contributed by atoms with van der Waals surface area (Å²) in [4.78, 5) is 52.3. The first kappa shape index (κ1) is 38.4. The van der Waals surface area contributed by atoms with Crippen LogP contribution in [0.25, 0.3) is 0 Å². The second-order valence-corrected chi connectivity index (χ2v) is 20.4. The van der Waals surface area contributed by atoms with Crippen molar-refractivity contribution in [2.45, 2.75) is 91.8 Å². The summed E-state index contributed by atoms with van der Waals surface area (Å²) in [7, 11) is -4.50. The van der Waals surface area contributed by atoms with E-state index in [-0.39, 0.29) is 34.9 Å². The zero-order chi connectivity index (χ0) is 40.9. The van der Waals surface area contributed by atoms with Gasteiger partial charge in [0, 0.05) is 59.2 Å². The summed E-state index contributed by atoms with van der Waals surface area (Å²) >= 11 is 0. The fraction of sp³-hybridized carbons (Fsp3) is 0.600. The minimum Gasteiger partial charge on any atom is -0.394 e. The lowest BCUT2D eigenvalue weighted by molar-refractivity contribution is -0.133. The van der Waals surface area contributed by atoms with Crippen molar-refractivity contribution < 1.29 is 48.2 Å². The molecular weight excluding hydrogens is 787 g/mol. The van der Waals surface area contributed by atoms with Crippen molar-refractivity contribution in [3.63, 3.8) is 0 Å². The van der Waals surface area contributed by atoms with Gasteiger partial charge < -0.3 is 39.3 Å². The third-order valence-corrected chi connectivity index (χ3v) is 17.6. The number of carbonyl (C=O) groups is 2. The van der Waals surface area contributed by atoms with Gasteiger partial charge in [-0.3, -0.25) is 23.9 Å². The summed E-state index contributed by atoms with van der Waals surface area (Å²) < 4.78 is 26.3. The van der Waals surface area contributed by atoms with Gasteiger partial charge in [0.25, 0.3) is 0 Å². The minimum absolute atomic E-state index is 0.104. The number of aliphatic hydroxyl groups excluding tert-OH is 2. The number of para-hydroxylation sites is 2. The summed E-state index contributed by atoms with van der Waals surface area (Å²) in [6, 6.07) is 19.3. The third-order valence-electron chi connectivity index (χ3n) is 17.1. The highest BCUT2D eigenvalue weighted by Crippen LogP contribution is 2.67. The summed E-state index contributed by atoms with van der Waals surface area (Å²) in [6.07, 6.45) is 9.62. The fourth-order valence-corrected chi connectivity index (χ4v) is 15.6. The number of hydrogen-bond acceptors (Lipinski definition) is 10. The lowest BCUT2D eigenvalue weighted by Gasteiger charge is -2.58. The minimum atomic E-state index is -4.50. The second-order valence-electron chi connectivity index (χ2n) is 19.2. The van der Waals surface area contributed by atoms with Gasteiger partial charge in [-0.2, -0.15) is 0 Å². The summed E-state index contributed by atoms with van der Waals surface area (Å²) in [5, 5.41) is 16.7. The van der Waals surface area contributed by atoms with Crippen molar-refractivity contribution in [2.24, 2.45) is 23.7 Å². The van der Waals surface area contributed by atoms with Crippen LogP contribution in [0.1, 0.15) is 49.7 Å². The first-order valence-corrected chi connectivity index (χ1v) is 23.5. The van der Waals surface area contributed by atoms with Crippen molar-refractivity contribution in [1.29, 1.82) is 0 Å². The van der Waals surface area contributed by atoms with E-state index >= 15 is 0 Å². The summed E-state index contributed by atoms with van der Waals surface area (Å²) in [5.41, 5.74) is 8.71. The summed E-state index contributed by atoms with van der Waals surface area (Å²) in [6.45, 7) is 4.79. The second kappa shape index (κ2) is 13.6. The van der Waals surface area contributed by atoms with E-state index < -0.39 is 27.1 Å². The standard InChI is InChI=1S/2C21H22N2O2.C3H9O6P/c2*24-18-10-16-19-13-9-17-21(6-7-22(17)11-12(13)5-8-25-16)14-3-1-2-4-15(14)23(18)20(19)21;4-1-3(5)2-9-10(6,7)8/h2*1-5,13,16-17,19-20H,6-11H2;3-5H,1-2H2,(H2,6,7,8)/t2*13-,16-,17-,19-,20-,21+;/m00./s1. The van der Waals surface area contributed by atoms with Gasteiger partial charge in [0.05, 0.1) is 63.6 Å². The van der Waals surface area contributed by atoms with E-state index in [2.05, 4.69) is 84.8 Å². The van der Waals surface area contributed by atoms with Gasteiger partial charge in [0.1, 0.15) is 6.10 Å². The average molecular weight is 841 g/mol. The Morgan fingerprint density at radius 3 is 1.67 bits per heavy atom. The van der Waals surface area contributed by atoms with Crippen LogP contribution in [0.15, 0.2) is 71.8 Å². The van der Waals surface area contributed by atoms with Crippen LogP contribution in [0, 0.1) is 23.7 Å². The van der Waals surface area contributed by atoms with Crippen molar-refractivity contribution in [3.8, 4) is 0 Å². The Morgan fingerprint density at radius 1 is 0.750 bits per heavy atom. The van der Waals surface area contributed by atoms with Gasteiger partial charge in [-0.1, -0.05) is 59.7 Å². The first-order chi connectivity index (χ1) is 29.0. The smallest absolute Gasteiger partial charge is 0.394 e. The van der Waals surface area contributed by atoms with Crippen LogP contribution in [0.5, 0.6) is 0 Å². The Morgan fingerprint density at radius 2 is 1.22 bits per heavy atom. The molecule has 10 heterocycles. The molecule has 4 bridgehead atoms. The number of phosphoric acid groups is 1. The highest BCUT2D eigenvalue weighted by Gasteiger charge is 2.72. The average Bonchev–Trinajstić information content (AvgIpc) is 3.93. The molecule has 60 heavy (non-hydrogen) atoms. The first-order valence-electron chi connectivity index (χ1n) is 21.9. The Kier molecular flexibility index (Phi) is 8.72. The zero-order valence-electron chi connectivity index (χ0n) is 33.5. The van der Waals surface area contributed by atoms with Crippen LogP contribution in [-0.4, -0.2) is 137 Å². The van der Waals surface area contributed by atoms with E-state index in [1.807, 2.05) is 0 Å². The van der Waals surface area contributed by atoms with E-state index in [4.69, 9.17) is 29.5 Å². The maximum atomic E-state index is 13.2. The molecule has 2 saturated carbocycles. The zero-order valence-corrected chi connectivity index (χ0v) is 34.4. The van der Waals surface area contributed by atoms with Crippen LogP contribution in [0.2, 0.25) is 0 Å². The Balaban J connectivity index is 0.000000107. The molecule has 318 valence electrons. The van der Waals surface area contributed by atoms with Gasteiger partial charge in [0.2, 0.25) is 11.8 Å². The number of carbonyl (C=O) groups excluding carboxylic acids is 2. The third kappa shape index (κ3) is 5.18. The number of aliphatic hydroxyl groups is 2. The van der Waals surface area contributed by atoms with Gasteiger partial charge in [-0.25, -0.2) is 4.57 Å². The van der Waals surface area contributed by atoms with Gasteiger partial charge >= 0.3 is 7.82 Å². The lowest BCUT2D eigenvalue weighted by atomic mass is 9.53. The number of piperidine rings is 4. The molecule has 2 amide bonds. The molecule has 2 aliphatic carbocycles. The number of rotatable bonds is 4. The normalized spacial score (nSPS) is 40.8. The number of ether oxygens (including phenoxy) is 2. The Labute approximate surface area is 349 Å². The molecule has 12 aliphatic rings. The Hall–Kier alpha value is -3.27. The van der Waals surface area contributed by atoms with Crippen LogP contribution in [0.4, 0.5) is 11.4 Å². The number of phosphoric ester groups is 1. The summed E-state index contributed by atoms with van der Waals surface area (Å²) in [5.74, 6) is 2.70. The quantitative estimate of drug-likeness (QED) is 0.263. The molecule has 10 aliphatic heterocycles. The molecule has 6 saturated heterocycles. The topological polar surface area (TPSA) is 173 Å². The molecule has 14 nitrogen and oxygen atoms in total. The number of benzene rings is 2. The van der Waals surface area contributed by atoms with Crippen molar-refractivity contribution >= 4 is 31.0 Å². The predicted molar refractivity (Wildman–Crippen MR) is 218 cm³/mol. The maximum absolute atomic E-state index is 13.2. The van der Waals surface area contributed by atoms with E-state index in [0.717, 1.165) is 13.1 Å². The molecule has 0 radical (unpaired) electrons. The highest BCUT2D eigenvalue weighted by molar-refractivity contribution is 7.46. The fourth-order valence-electron chi connectivity index (χ4n) is 15.3. The molecule has 2 spiro atoms. The van der Waals surface area contributed by atoms with Gasteiger partial charge in [-0.05, 0) is 73.9 Å². The van der Waals surface area contributed by atoms with Gasteiger partial charge in [-0.15, -0.1) is 0 Å².